The van der Waals surface area contributed by atoms with Crippen LogP contribution in [-0.2, 0) is 29.4 Å². The van der Waals surface area contributed by atoms with Gasteiger partial charge in [0.25, 0.3) is 0 Å². The van der Waals surface area contributed by atoms with E-state index >= 15 is 0 Å². The van der Waals surface area contributed by atoms with Gasteiger partial charge in [0.1, 0.15) is 0 Å². The minimum atomic E-state index is 0.112. The number of fused-ring (bicyclic) bond motifs is 1. The van der Waals surface area contributed by atoms with Crippen LogP contribution in [0.25, 0.3) is 11.3 Å². The molecule has 3 heterocycles. The maximum Gasteiger partial charge on any atom is 0.236 e. The molecular weight excluding hydrogens is 352 g/mol. The van der Waals surface area contributed by atoms with Crippen LogP contribution >= 0.6 is 0 Å². The zero-order valence-corrected chi connectivity index (χ0v) is 17.1. The second-order valence-corrected chi connectivity index (χ2v) is 8.10. The maximum atomic E-state index is 12.8. The van der Waals surface area contributed by atoms with Crippen molar-refractivity contribution in [3.05, 3.63) is 41.6 Å². The van der Waals surface area contributed by atoms with Crippen molar-refractivity contribution in [2.75, 3.05) is 32.7 Å². The molecule has 1 amide bonds. The topological polar surface area (TPSA) is 50.6 Å². The molecule has 1 fully saturated rings. The fraction of sp³-hybridized carbons (Fsp3) is 0.545. The van der Waals surface area contributed by atoms with Crippen LogP contribution in [0.15, 0.2) is 30.3 Å². The first-order valence-corrected chi connectivity index (χ1v) is 10.3. The lowest BCUT2D eigenvalue weighted by atomic mass is 10.0. The predicted molar refractivity (Wildman–Crippen MR) is 109 cm³/mol. The zero-order chi connectivity index (χ0) is 19.7. The molecule has 0 bridgehead atoms. The molecule has 150 valence electrons. The van der Waals surface area contributed by atoms with Gasteiger partial charge < -0.3 is 9.64 Å². The molecular formula is C22H30N4O2. The van der Waals surface area contributed by atoms with Crippen molar-refractivity contribution in [3.63, 3.8) is 0 Å². The van der Waals surface area contributed by atoms with Crippen molar-refractivity contribution in [2.45, 2.75) is 38.9 Å². The van der Waals surface area contributed by atoms with Gasteiger partial charge >= 0.3 is 0 Å². The molecule has 28 heavy (non-hydrogen) atoms. The van der Waals surface area contributed by atoms with Crippen molar-refractivity contribution >= 4 is 5.91 Å². The summed E-state index contributed by atoms with van der Waals surface area (Å²) in [5, 5.41) is 4.79. The lowest BCUT2D eigenvalue weighted by Crippen LogP contribution is -2.51. The molecule has 6 nitrogen and oxygen atoms in total. The standard InChI is InChI=1S/C22H30N4O2/c1-16-13-26(14-17(2)28-16)21(27)15-25-11-9-19-20(10-12-25)24(3)23-22(19)18-7-5-4-6-8-18/h4-8,16-17H,9-15H2,1-3H3/t16-,17+. The third kappa shape index (κ3) is 3.98. The molecule has 0 aliphatic carbocycles. The lowest BCUT2D eigenvalue weighted by Gasteiger charge is -2.36. The van der Waals surface area contributed by atoms with Crippen LogP contribution in [0.3, 0.4) is 0 Å². The van der Waals surface area contributed by atoms with E-state index in [1.807, 2.05) is 36.5 Å². The summed E-state index contributed by atoms with van der Waals surface area (Å²) in [6.45, 7) is 7.73. The van der Waals surface area contributed by atoms with Gasteiger partial charge in [-0.15, -0.1) is 0 Å². The molecule has 2 atom stereocenters. The summed E-state index contributed by atoms with van der Waals surface area (Å²) >= 11 is 0. The Labute approximate surface area is 167 Å². The Morgan fingerprint density at radius 2 is 1.79 bits per heavy atom. The molecule has 2 aliphatic heterocycles. The molecule has 0 radical (unpaired) electrons. The summed E-state index contributed by atoms with van der Waals surface area (Å²) in [6, 6.07) is 10.4. The summed E-state index contributed by atoms with van der Waals surface area (Å²) in [5.74, 6) is 0.217. The van der Waals surface area contributed by atoms with Crippen LogP contribution in [0.4, 0.5) is 0 Å². The Kier molecular flexibility index (Phi) is 5.51. The molecule has 6 heteroatoms. The normalized spacial score (nSPS) is 23.3. The van der Waals surface area contributed by atoms with Gasteiger partial charge in [0.15, 0.2) is 0 Å². The number of carbonyl (C=O) groups excluding carboxylic acids is 1. The molecule has 0 unspecified atom stereocenters. The quantitative estimate of drug-likeness (QED) is 0.816. The Balaban J connectivity index is 1.44. The van der Waals surface area contributed by atoms with Crippen molar-refractivity contribution in [1.82, 2.24) is 19.6 Å². The number of hydrogen-bond acceptors (Lipinski definition) is 4. The molecule has 1 aromatic carbocycles. The van der Waals surface area contributed by atoms with E-state index in [1.54, 1.807) is 0 Å². The highest BCUT2D eigenvalue weighted by Crippen LogP contribution is 2.28. The van der Waals surface area contributed by atoms with Gasteiger partial charge in [-0.3, -0.25) is 14.4 Å². The molecule has 1 aromatic heterocycles. The first-order chi connectivity index (χ1) is 13.5. The second-order valence-electron chi connectivity index (χ2n) is 8.10. The monoisotopic (exact) mass is 382 g/mol. The van der Waals surface area contributed by atoms with Crippen molar-refractivity contribution in [3.8, 4) is 11.3 Å². The van der Waals surface area contributed by atoms with Gasteiger partial charge in [-0.1, -0.05) is 30.3 Å². The maximum absolute atomic E-state index is 12.8. The highest BCUT2D eigenvalue weighted by atomic mass is 16.5. The average Bonchev–Trinajstić information content (AvgIpc) is 2.84. The van der Waals surface area contributed by atoms with Crippen LogP contribution in [0.1, 0.15) is 25.1 Å². The highest BCUT2D eigenvalue weighted by Gasteiger charge is 2.28. The van der Waals surface area contributed by atoms with E-state index in [4.69, 9.17) is 9.84 Å². The van der Waals surface area contributed by atoms with E-state index in [0.29, 0.717) is 19.6 Å². The third-order valence-corrected chi connectivity index (χ3v) is 5.80. The molecule has 0 spiro atoms. The number of morpholine rings is 1. The van der Waals surface area contributed by atoms with E-state index in [2.05, 4.69) is 29.2 Å². The lowest BCUT2D eigenvalue weighted by molar-refractivity contribution is -0.144. The SMILES string of the molecule is C[C@@H]1CN(C(=O)CN2CCc3c(-c4ccccc4)nn(C)c3CC2)C[C@H](C)O1. The summed E-state index contributed by atoms with van der Waals surface area (Å²) in [6.07, 6.45) is 2.08. The molecule has 2 aliphatic rings. The van der Waals surface area contributed by atoms with Crippen LogP contribution in [0.2, 0.25) is 0 Å². The van der Waals surface area contributed by atoms with Crippen LogP contribution in [0, 0.1) is 0 Å². The minimum Gasteiger partial charge on any atom is -0.372 e. The Bertz CT molecular complexity index is 823. The predicted octanol–water partition coefficient (Wildman–Crippen LogP) is 2.12. The number of benzene rings is 1. The second kappa shape index (κ2) is 8.05. The number of rotatable bonds is 3. The summed E-state index contributed by atoms with van der Waals surface area (Å²) in [7, 11) is 2.03. The summed E-state index contributed by atoms with van der Waals surface area (Å²) in [5.41, 5.74) is 4.88. The molecule has 0 N–H and O–H groups in total. The van der Waals surface area contributed by atoms with Crippen LogP contribution in [0.5, 0.6) is 0 Å². The molecule has 2 aromatic rings. The Hall–Kier alpha value is -2.18. The minimum absolute atomic E-state index is 0.112. The van der Waals surface area contributed by atoms with E-state index < -0.39 is 0 Å². The third-order valence-electron chi connectivity index (χ3n) is 5.80. The number of carbonyl (C=O) groups is 1. The summed E-state index contributed by atoms with van der Waals surface area (Å²) in [4.78, 5) is 17.1. The first-order valence-electron chi connectivity index (χ1n) is 10.3. The number of ether oxygens (including phenoxy) is 1. The molecule has 4 rings (SSSR count). The number of nitrogens with zero attached hydrogens (tertiary/aromatic N) is 4. The van der Waals surface area contributed by atoms with Gasteiger partial charge in [-0.25, -0.2) is 0 Å². The van der Waals surface area contributed by atoms with Gasteiger partial charge in [0.2, 0.25) is 5.91 Å². The van der Waals surface area contributed by atoms with Crippen molar-refractivity contribution in [1.29, 1.82) is 0 Å². The fourth-order valence-electron chi connectivity index (χ4n) is 4.48. The van der Waals surface area contributed by atoms with E-state index in [0.717, 1.165) is 31.6 Å². The van der Waals surface area contributed by atoms with E-state index in [9.17, 15) is 4.79 Å². The highest BCUT2D eigenvalue weighted by molar-refractivity contribution is 5.78. The number of hydrogen-bond donors (Lipinski definition) is 0. The molecule has 1 saturated heterocycles. The largest absolute Gasteiger partial charge is 0.372 e. The Morgan fingerprint density at radius 3 is 2.50 bits per heavy atom. The van der Waals surface area contributed by atoms with E-state index in [-0.39, 0.29) is 18.1 Å². The fourth-order valence-corrected chi connectivity index (χ4v) is 4.48. The van der Waals surface area contributed by atoms with Gasteiger partial charge in [0, 0.05) is 56.5 Å². The zero-order valence-electron chi connectivity index (χ0n) is 17.1. The average molecular weight is 383 g/mol. The van der Waals surface area contributed by atoms with Crippen LogP contribution < -0.4 is 0 Å². The van der Waals surface area contributed by atoms with Crippen molar-refractivity contribution in [2.24, 2.45) is 7.05 Å². The van der Waals surface area contributed by atoms with Gasteiger partial charge in [-0.05, 0) is 20.3 Å². The van der Waals surface area contributed by atoms with Crippen LogP contribution in [-0.4, -0.2) is 70.4 Å². The molecule has 0 saturated carbocycles. The van der Waals surface area contributed by atoms with E-state index in [1.165, 1.54) is 16.8 Å². The number of aromatic nitrogens is 2. The van der Waals surface area contributed by atoms with Gasteiger partial charge in [-0.2, -0.15) is 5.10 Å². The first kappa shape index (κ1) is 19.2. The smallest absolute Gasteiger partial charge is 0.236 e. The summed E-state index contributed by atoms with van der Waals surface area (Å²) < 4.78 is 7.78. The van der Waals surface area contributed by atoms with Crippen molar-refractivity contribution < 1.29 is 9.53 Å². The number of aryl methyl sites for hydroxylation is 1. The van der Waals surface area contributed by atoms with Gasteiger partial charge in [0.05, 0.1) is 24.4 Å². The Morgan fingerprint density at radius 1 is 1.11 bits per heavy atom. The number of amides is 1.